The average molecular weight is 120 g/mol. The highest BCUT2D eigenvalue weighted by Gasteiger charge is 1.97. The fourth-order valence-electron chi connectivity index (χ4n) is 0.0823. The summed E-state index contributed by atoms with van der Waals surface area (Å²) in [4.78, 5) is 9.36. The standard InChI is InChI=1S/CH2BO4S/c3-1(4)2-7(5)6/h(H,3,4)(H,5,6)/p-1. The normalized spacial score (nSPS) is 12.7. The molecule has 0 rings (SSSR count). The molecule has 7 heavy (non-hydrogen) atoms. The molecule has 39 valence electrons. The van der Waals surface area contributed by atoms with Crippen LogP contribution in [0.1, 0.15) is 0 Å². The third-order valence-corrected chi connectivity index (χ3v) is 0.591. The molecule has 0 bridgehead atoms. The number of rotatable bonds is 2. The quantitative estimate of drug-likeness (QED) is 0.380. The van der Waals surface area contributed by atoms with Gasteiger partial charge in [0.15, 0.2) is 0 Å². The molecule has 6 heteroatoms. The zero-order valence-corrected chi connectivity index (χ0v) is 3.97. The molecule has 4 nitrogen and oxygen atoms in total. The summed E-state index contributed by atoms with van der Waals surface area (Å²) < 4.78 is 18.7. The predicted octanol–water partition coefficient (Wildman–Crippen LogP) is -0.837. The van der Waals surface area contributed by atoms with E-state index in [1.54, 1.807) is 0 Å². The summed E-state index contributed by atoms with van der Waals surface area (Å²) >= 11 is 0. The topological polar surface area (TPSA) is 77.4 Å². The van der Waals surface area contributed by atoms with Gasteiger partial charge in [0.1, 0.15) is 0 Å². The summed E-state index contributed by atoms with van der Waals surface area (Å²) in [5, 5.41) is 7.64. The maximum atomic E-state index is 9.37. The number of hydrogen-bond acceptors (Lipinski definition) is 3. The van der Waals surface area contributed by atoms with E-state index in [0.29, 0.717) is 0 Å². The van der Waals surface area contributed by atoms with Crippen molar-refractivity contribution in [2.75, 3.05) is 0 Å². The molecule has 0 aliphatic heterocycles. The number of carboxylic acid groups (broad SMARTS) is 1. The highest BCUT2D eigenvalue weighted by molar-refractivity contribution is 8.08. The maximum Gasteiger partial charge on any atom is 0.361 e. The van der Waals surface area contributed by atoms with Crippen LogP contribution in [0, 0.1) is 0 Å². The minimum atomic E-state index is -2.57. The Morgan fingerprint density at radius 2 is 2.29 bits per heavy atom. The molecule has 0 heterocycles. The second-order valence-electron chi connectivity index (χ2n) is 0.717. The van der Waals surface area contributed by atoms with E-state index in [9.17, 15) is 13.6 Å². The second-order valence-corrected chi connectivity index (χ2v) is 1.47. The first-order valence-corrected chi connectivity index (χ1v) is 2.42. The van der Waals surface area contributed by atoms with Gasteiger partial charge in [-0.25, -0.2) is 0 Å². The van der Waals surface area contributed by atoms with E-state index in [0.717, 1.165) is 0 Å². The van der Waals surface area contributed by atoms with E-state index < -0.39 is 16.8 Å². The van der Waals surface area contributed by atoms with Crippen molar-refractivity contribution in [1.82, 2.24) is 0 Å². The molecule has 0 aliphatic rings. The van der Waals surface area contributed by atoms with Crippen LogP contribution in [-0.2, 0) is 10.9 Å². The van der Waals surface area contributed by atoms with Gasteiger partial charge in [-0.3, -0.25) is 9.00 Å². The molecule has 0 aliphatic carbocycles. The van der Waals surface area contributed by atoms with Gasteiger partial charge in [-0.2, -0.15) is 0 Å². The lowest BCUT2D eigenvalue weighted by Gasteiger charge is -1.94. The number of carbonyl (C=O) groups is 1. The van der Waals surface area contributed by atoms with Crippen molar-refractivity contribution in [1.29, 1.82) is 0 Å². The van der Waals surface area contributed by atoms with Crippen molar-refractivity contribution in [3.8, 4) is 0 Å². The van der Waals surface area contributed by atoms with Gasteiger partial charge < -0.3 is 9.66 Å². The maximum absolute atomic E-state index is 9.37. The zero-order chi connectivity index (χ0) is 5.86. The van der Waals surface area contributed by atoms with Crippen LogP contribution in [0.3, 0.4) is 0 Å². The molecule has 0 aromatic rings. The summed E-state index contributed by atoms with van der Waals surface area (Å²) in [6, 6.07) is 0. The molecule has 1 atom stereocenters. The molecule has 0 aromatic carbocycles. The van der Waals surface area contributed by atoms with Crippen LogP contribution >= 0.6 is 0 Å². The second kappa shape index (κ2) is 2.76. The van der Waals surface area contributed by atoms with Crippen LogP contribution in [0.5, 0.6) is 0 Å². The summed E-state index contributed by atoms with van der Waals surface area (Å²) in [6.45, 7) is 0.167. The molecule has 0 aromatic heterocycles. The molecule has 1 radical (unpaired) electrons. The third kappa shape index (κ3) is 5.64. The van der Waals surface area contributed by atoms with Crippen LogP contribution < -0.4 is 0 Å². The van der Waals surface area contributed by atoms with E-state index in [-0.39, 0.29) is 6.56 Å². The van der Waals surface area contributed by atoms with Gasteiger partial charge in [-0.05, 0) is 0 Å². The van der Waals surface area contributed by atoms with Crippen molar-refractivity contribution < 1.29 is 18.7 Å². The van der Waals surface area contributed by atoms with Gasteiger partial charge in [-0.1, -0.05) is 10.9 Å². The van der Waals surface area contributed by atoms with Crippen molar-refractivity contribution >= 4 is 23.4 Å². The molecule has 0 amide bonds. The fraction of sp³-hybridized carbons (Fsp3) is 0. The summed E-state index contributed by atoms with van der Waals surface area (Å²) in [6.07, 6.45) is 0. The fourth-order valence-corrected chi connectivity index (χ4v) is 0.247. The summed E-state index contributed by atoms with van der Waals surface area (Å²) in [5.74, 6) is -1.45. The van der Waals surface area contributed by atoms with Crippen LogP contribution in [0.4, 0.5) is 4.79 Å². The predicted molar refractivity (Wildman–Crippen MR) is 22.7 cm³/mol. The lowest BCUT2D eigenvalue weighted by atomic mass is 10.1. The summed E-state index contributed by atoms with van der Waals surface area (Å²) in [7, 11) is -2.57. The SMILES string of the molecule is O=C(O)[B]S(=O)[O-]. The molecular formula is CHBO4S-. The lowest BCUT2D eigenvalue weighted by Crippen LogP contribution is -2.10. The Balaban J connectivity index is 3.32. The molecule has 1 N–H and O–H groups in total. The van der Waals surface area contributed by atoms with E-state index in [2.05, 4.69) is 0 Å². The first-order valence-electron chi connectivity index (χ1n) is 1.29. The van der Waals surface area contributed by atoms with Crippen molar-refractivity contribution in [3.63, 3.8) is 0 Å². The lowest BCUT2D eigenvalue weighted by molar-refractivity contribution is 0.220. The molecule has 0 saturated heterocycles. The van der Waals surface area contributed by atoms with Gasteiger partial charge >= 0.3 is 6.56 Å². The Hall–Kier alpha value is -0.355. The van der Waals surface area contributed by atoms with Gasteiger partial charge in [0, 0.05) is 0 Å². The van der Waals surface area contributed by atoms with Crippen LogP contribution in [-0.4, -0.2) is 26.3 Å². The molecule has 1 unspecified atom stereocenters. The monoisotopic (exact) mass is 120 g/mol. The van der Waals surface area contributed by atoms with Crippen molar-refractivity contribution in [2.24, 2.45) is 0 Å². The van der Waals surface area contributed by atoms with Gasteiger partial charge in [0.25, 0.3) is 5.87 Å². The van der Waals surface area contributed by atoms with E-state index in [4.69, 9.17) is 5.11 Å². The number of hydrogen-bond donors (Lipinski definition) is 1. The van der Waals surface area contributed by atoms with Gasteiger partial charge in [0.05, 0.1) is 0 Å². The molecule has 0 spiro atoms. The van der Waals surface area contributed by atoms with Crippen molar-refractivity contribution in [3.05, 3.63) is 0 Å². The van der Waals surface area contributed by atoms with Gasteiger partial charge in [-0.15, -0.1) is 0 Å². The average Bonchev–Trinajstić information content (AvgIpc) is 1.27. The van der Waals surface area contributed by atoms with E-state index in [1.807, 2.05) is 0 Å². The summed E-state index contributed by atoms with van der Waals surface area (Å²) in [5.41, 5.74) is 0. The van der Waals surface area contributed by atoms with Crippen LogP contribution in [0.25, 0.3) is 0 Å². The van der Waals surface area contributed by atoms with Gasteiger partial charge in [0.2, 0.25) is 0 Å². The first-order chi connectivity index (χ1) is 3.13. The highest BCUT2D eigenvalue weighted by atomic mass is 32.2. The Kier molecular flexibility index (Phi) is 2.62. The Bertz CT molecular complexity index is 87.9. The Morgan fingerprint density at radius 1 is 1.86 bits per heavy atom. The first kappa shape index (κ1) is 6.64. The van der Waals surface area contributed by atoms with E-state index >= 15 is 0 Å². The van der Waals surface area contributed by atoms with Crippen LogP contribution in [0.15, 0.2) is 0 Å². The smallest absolute Gasteiger partial charge is 0.361 e. The largest absolute Gasteiger partial charge is 0.781 e. The molecule has 0 fully saturated rings. The highest BCUT2D eigenvalue weighted by Crippen LogP contribution is 1.68. The van der Waals surface area contributed by atoms with Crippen LogP contribution in [0.2, 0.25) is 0 Å². The van der Waals surface area contributed by atoms with E-state index in [1.165, 1.54) is 0 Å². The third-order valence-electron chi connectivity index (χ3n) is 0.197. The minimum absolute atomic E-state index is 0.167. The molecular weight excluding hydrogens is 119 g/mol. The zero-order valence-electron chi connectivity index (χ0n) is 3.16. The van der Waals surface area contributed by atoms with Crippen molar-refractivity contribution in [2.45, 2.75) is 0 Å². The Morgan fingerprint density at radius 3 is 2.29 bits per heavy atom. The Labute approximate surface area is 43.0 Å². The molecule has 0 saturated carbocycles. The minimum Gasteiger partial charge on any atom is -0.781 e.